The summed E-state index contributed by atoms with van der Waals surface area (Å²) in [7, 11) is -3.11. The van der Waals surface area contributed by atoms with Gasteiger partial charge in [0.2, 0.25) is 0 Å². The highest BCUT2D eigenvalue weighted by Gasteiger charge is 2.40. The largest absolute Gasteiger partial charge is 0.344 e. The summed E-state index contributed by atoms with van der Waals surface area (Å²) in [5.41, 5.74) is 1.11. The summed E-state index contributed by atoms with van der Waals surface area (Å²) >= 11 is 1.55. The normalized spacial score (nSPS) is 21.2. The lowest BCUT2D eigenvalue weighted by Gasteiger charge is -2.23. The molecule has 0 unspecified atom stereocenters. The van der Waals surface area contributed by atoms with Crippen molar-refractivity contribution in [2.45, 2.75) is 18.9 Å². The van der Waals surface area contributed by atoms with E-state index in [4.69, 9.17) is 0 Å². The molecule has 4 rings (SSSR count). The van der Waals surface area contributed by atoms with Crippen LogP contribution in [0.2, 0.25) is 0 Å². The average Bonchev–Trinajstić information content (AvgIpc) is 3.34. The highest BCUT2D eigenvalue weighted by atomic mass is 32.2. The molecule has 0 bridgehead atoms. The van der Waals surface area contributed by atoms with E-state index in [1.807, 2.05) is 47.8 Å². The molecule has 1 amide bonds. The van der Waals surface area contributed by atoms with Crippen LogP contribution in [0.15, 0.2) is 53.9 Å². The number of carbonyl (C=O) groups excluding carboxylic acids is 1. The van der Waals surface area contributed by atoms with Gasteiger partial charge in [0.15, 0.2) is 9.84 Å². The summed E-state index contributed by atoms with van der Waals surface area (Å²) in [6.45, 7) is 1.78. The molecule has 140 valence electrons. The van der Waals surface area contributed by atoms with Crippen molar-refractivity contribution >= 4 is 27.1 Å². The van der Waals surface area contributed by atoms with Gasteiger partial charge in [0.1, 0.15) is 11.4 Å². The van der Waals surface area contributed by atoms with Crippen molar-refractivity contribution in [2.75, 3.05) is 11.5 Å². The summed E-state index contributed by atoms with van der Waals surface area (Å²) in [6, 6.07) is 15.1. The third-order valence-electron chi connectivity index (χ3n) is 4.64. The Balaban J connectivity index is 1.72. The van der Waals surface area contributed by atoms with Gasteiger partial charge in [-0.2, -0.15) is 5.10 Å². The number of rotatable bonds is 4. The minimum absolute atomic E-state index is 0.0387. The van der Waals surface area contributed by atoms with Gasteiger partial charge in [-0.25, -0.2) is 13.1 Å². The Morgan fingerprint density at radius 2 is 2.00 bits per heavy atom. The number of sulfone groups is 1. The minimum atomic E-state index is -3.11. The number of carbonyl (C=O) groups is 1. The fourth-order valence-corrected chi connectivity index (χ4v) is 6.08. The third-order valence-corrected chi connectivity index (χ3v) is 7.43. The first kappa shape index (κ1) is 17.9. The van der Waals surface area contributed by atoms with Gasteiger partial charge >= 0.3 is 0 Å². The van der Waals surface area contributed by atoms with Crippen molar-refractivity contribution in [3.05, 3.63) is 59.6 Å². The van der Waals surface area contributed by atoms with Crippen LogP contribution < -0.4 is 5.32 Å². The molecule has 1 atom stereocenters. The van der Waals surface area contributed by atoms with Crippen LogP contribution in [0.4, 0.5) is 0 Å². The molecule has 1 aliphatic rings. The smallest absolute Gasteiger partial charge is 0.270 e. The standard InChI is InChI=1S/C19H19N3O3S2/c1-19(9-11-27(24,25)13-19)20-18(23)16-12-15(17-8-5-10-26-17)21-22(16)14-6-3-2-4-7-14/h2-8,10,12H,9,11,13H2,1H3,(H,20,23)/t19-/m1/s1. The Bertz CT molecular complexity index is 1070. The maximum atomic E-state index is 13.0. The number of nitrogens with one attached hydrogen (secondary N) is 1. The van der Waals surface area contributed by atoms with Crippen LogP contribution in [0.25, 0.3) is 16.3 Å². The zero-order valence-electron chi connectivity index (χ0n) is 14.8. The molecule has 2 aromatic heterocycles. The van der Waals surface area contributed by atoms with Gasteiger partial charge in [-0.05, 0) is 43.0 Å². The van der Waals surface area contributed by atoms with Gasteiger partial charge in [0.05, 0.1) is 27.6 Å². The van der Waals surface area contributed by atoms with E-state index in [-0.39, 0.29) is 17.4 Å². The lowest BCUT2D eigenvalue weighted by atomic mass is 10.0. The van der Waals surface area contributed by atoms with Crippen molar-refractivity contribution in [3.8, 4) is 16.3 Å². The molecule has 0 aliphatic carbocycles. The van der Waals surface area contributed by atoms with Gasteiger partial charge in [-0.1, -0.05) is 24.3 Å². The number of thiophene rings is 1. The lowest BCUT2D eigenvalue weighted by molar-refractivity contribution is 0.0907. The summed E-state index contributed by atoms with van der Waals surface area (Å²) in [6.07, 6.45) is 0.415. The number of hydrogen-bond acceptors (Lipinski definition) is 5. The highest BCUT2D eigenvalue weighted by Crippen LogP contribution is 2.27. The molecule has 0 radical (unpaired) electrons. The van der Waals surface area contributed by atoms with Gasteiger partial charge in [-0.3, -0.25) is 4.79 Å². The Labute approximate surface area is 161 Å². The van der Waals surface area contributed by atoms with E-state index < -0.39 is 15.4 Å². The maximum absolute atomic E-state index is 13.0. The van der Waals surface area contributed by atoms with Gasteiger partial charge in [0.25, 0.3) is 5.91 Å². The molecule has 6 nitrogen and oxygen atoms in total. The monoisotopic (exact) mass is 401 g/mol. The topological polar surface area (TPSA) is 81.1 Å². The Morgan fingerprint density at radius 3 is 2.63 bits per heavy atom. The summed E-state index contributed by atoms with van der Waals surface area (Å²) in [5, 5.41) is 9.50. The van der Waals surface area contributed by atoms with Gasteiger partial charge in [0, 0.05) is 0 Å². The first-order valence-electron chi connectivity index (χ1n) is 8.58. The van der Waals surface area contributed by atoms with Crippen molar-refractivity contribution in [2.24, 2.45) is 0 Å². The first-order valence-corrected chi connectivity index (χ1v) is 11.3. The second-order valence-corrected chi connectivity index (χ2v) is 10.1. The highest BCUT2D eigenvalue weighted by molar-refractivity contribution is 7.91. The number of nitrogens with zero attached hydrogens (tertiary/aromatic N) is 2. The van der Waals surface area contributed by atoms with E-state index in [1.165, 1.54) is 0 Å². The van der Waals surface area contributed by atoms with E-state index >= 15 is 0 Å². The van der Waals surface area contributed by atoms with Crippen LogP contribution in [0.1, 0.15) is 23.8 Å². The van der Waals surface area contributed by atoms with E-state index in [0.717, 1.165) is 10.6 Å². The Hall–Kier alpha value is -2.45. The molecule has 0 saturated carbocycles. The zero-order chi connectivity index (χ0) is 19.1. The van der Waals surface area contributed by atoms with Crippen molar-refractivity contribution in [1.82, 2.24) is 15.1 Å². The van der Waals surface area contributed by atoms with Gasteiger partial charge in [-0.15, -0.1) is 11.3 Å². The molecule has 1 N–H and O–H groups in total. The third kappa shape index (κ3) is 3.68. The van der Waals surface area contributed by atoms with Gasteiger partial charge < -0.3 is 5.32 Å². The molecule has 3 heterocycles. The molecule has 1 aromatic carbocycles. The fraction of sp³-hybridized carbons (Fsp3) is 0.263. The molecule has 0 spiro atoms. The van der Waals surface area contributed by atoms with Crippen LogP contribution in [0.3, 0.4) is 0 Å². The van der Waals surface area contributed by atoms with E-state index in [2.05, 4.69) is 10.4 Å². The molecular formula is C19H19N3O3S2. The predicted molar refractivity (Wildman–Crippen MR) is 106 cm³/mol. The van der Waals surface area contributed by atoms with Crippen molar-refractivity contribution in [1.29, 1.82) is 0 Å². The number of amides is 1. The number of para-hydroxylation sites is 1. The molecule has 27 heavy (non-hydrogen) atoms. The molecule has 8 heteroatoms. The van der Waals surface area contributed by atoms with Crippen LogP contribution >= 0.6 is 11.3 Å². The fourth-order valence-electron chi connectivity index (χ4n) is 3.30. The second kappa shape index (κ2) is 6.61. The number of benzene rings is 1. The molecule has 1 saturated heterocycles. The molecule has 1 fully saturated rings. The summed E-state index contributed by atoms with van der Waals surface area (Å²) in [5.74, 6) is -0.265. The zero-order valence-corrected chi connectivity index (χ0v) is 16.4. The predicted octanol–water partition coefficient (Wildman–Crippen LogP) is 2.91. The van der Waals surface area contributed by atoms with E-state index in [0.29, 0.717) is 17.8 Å². The van der Waals surface area contributed by atoms with Crippen LogP contribution in [-0.4, -0.2) is 41.2 Å². The van der Waals surface area contributed by atoms with E-state index in [1.54, 1.807) is 29.0 Å². The summed E-state index contributed by atoms with van der Waals surface area (Å²) in [4.78, 5) is 14.0. The summed E-state index contributed by atoms with van der Waals surface area (Å²) < 4.78 is 25.3. The first-order chi connectivity index (χ1) is 12.9. The number of aromatic nitrogens is 2. The van der Waals surface area contributed by atoms with Crippen LogP contribution in [-0.2, 0) is 9.84 Å². The number of hydrogen-bond donors (Lipinski definition) is 1. The van der Waals surface area contributed by atoms with E-state index in [9.17, 15) is 13.2 Å². The molecular weight excluding hydrogens is 382 g/mol. The minimum Gasteiger partial charge on any atom is -0.344 e. The lowest BCUT2D eigenvalue weighted by Crippen LogP contribution is -2.47. The second-order valence-electron chi connectivity index (χ2n) is 7.00. The molecule has 3 aromatic rings. The van der Waals surface area contributed by atoms with Crippen molar-refractivity contribution < 1.29 is 13.2 Å². The van der Waals surface area contributed by atoms with Crippen molar-refractivity contribution in [3.63, 3.8) is 0 Å². The Kier molecular flexibility index (Phi) is 4.39. The van der Waals surface area contributed by atoms with Crippen LogP contribution in [0, 0.1) is 0 Å². The average molecular weight is 402 g/mol. The molecule has 1 aliphatic heterocycles. The quantitative estimate of drug-likeness (QED) is 0.729. The maximum Gasteiger partial charge on any atom is 0.270 e. The Morgan fingerprint density at radius 1 is 1.22 bits per heavy atom. The van der Waals surface area contributed by atoms with Crippen LogP contribution in [0.5, 0.6) is 0 Å². The SMILES string of the molecule is C[C@@]1(NC(=O)c2cc(-c3cccs3)nn2-c2ccccc2)CCS(=O)(=O)C1.